The first-order chi connectivity index (χ1) is 14.3. The van der Waals surface area contributed by atoms with Gasteiger partial charge in [0.2, 0.25) is 0 Å². The molecule has 0 saturated carbocycles. The molecule has 1 heterocycles. The van der Waals surface area contributed by atoms with Gasteiger partial charge in [0.15, 0.2) is 6.19 Å². The molecule has 0 aliphatic rings. The van der Waals surface area contributed by atoms with Crippen molar-refractivity contribution in [3.05, 3.63) is 54.4 Å². The number of nitriles is 1. The largest absolute Gasteiger partial charge is 0.340 e. The Labute approximate surface area is 175 Å². The lowest BCUT2D eigenvalue weighted by atomic mass is 10.0. The lowest BCUT2D eigenvalue weighted by Crippen LogP contribution is -2.46. The number of anilines is 2. The Balaban J connectivity index is 2.00. The molecule has 9 heteroatoms. The van der Waals surface area contributed by atoms with Crippen LogP contribution < -0.4 is 16.0 Å². The normalized spacial score (nSPS) is 11.2. The van der Waals surface area contributed by atoms with E-state index in [2.05, 4.69) is 20.9 Å². The van der Waals surface area contributed by atoms with Crippen LogP contribution in [0.2, 0.25) is 0 Å². The Bertz CT molecular complexity index is 922. The maximum absolute atomic E-state index is 12.6. The van der Waals surface area contributed by atoms with E-state index in [4.69, 9.17) is 5.26 Å². The molecule has 0 aliphatic carbocycles. The first kappa shape index (κ1) is 22.4. The molecule has 3 N–H and O–H groups in total. The standard InChI is InChI=1S/C21H24N6O3/c1-14(2)11-18(20(29)27(3)13-22)26-19(28)15-6-8-16(9-7-15)24-21(30)25-17-5-4-10-23-12-17/h4-10,12,14,18H,11H2,1-3H3,(H,26,28)(H2,24,25,30). The van der Waals surface area contributed by atoms with Crippen LogP contribution in [0.3, 0.4) is 0 Å². The molecule has 1 aromatic heterocycles. The lowest BCUT2D eigenvalue weighted by Gasteiger charge is -2.21. The molecule has 0 radical (unpaired) electrons. The average Bonchev–Trinajstić information content (AvgIpc) is 2.72. The van der Waals surface area contributed by atoms with Gasteiger partial charge in [-0.25, -0.2) is 4.79 Å². The predicted molar refractivity (Wildman–Crippen MR) is 112 cm³/mol. The molecule has 156 valence electrons. The van der Waals surface area contributed by atoms with Gasteiger partial charge in [-0.2, -0.15) is 5.26 Å². The molecule has 1 atom stereocenters. The molecule has 0 fully saturated rings. The summed E-state index contributed by atoms with van der Waals surface area (Å²) in [4.78, 5) is 41.7. The summed E-state index contributed by atoms with van der Waals surface area (Å²) in [5.41, 5.74) is 1.37. The lowest BCUT2D eigenvalue weighted by molar-refractivity contribution is -0.129. The van der Waals surface area contributed by atoms with E-state index >= 15 is 0 Å². The number of nitrogens with zero attached hydrogens (tertiary/aromatic N) is 3. The summed E-state index contributed by atoms with van der Waals surface area (Å²) in [6.07, 6.45) is 5.29. The monoisotopic (exact) mass is 408 g/mol. The highest BCUT2D eigenvalue weighted by atomic mass is 16.2. The Morgan fingerprint density at radius 1 is 1.10 bits per heavy atom. The fourth-order valence-electron chi connectivity index (χ4n) is 2.65. The van der Waals surface area contributed by atoms with Gasteiger partial charge in [0.1, 0.15) is 6.04 Å². The summed E-state index contributed by atoms with van der Waals surface area (Å²) in [7, 11) is 1.36. The minimum atomic E-state index is -0.801. The summed E-state index contributed by atoms with van der Waals surface area (Å²) in [6.45, 7) is 3.85. The number of urea groups is 1. The molecule has 0 saturated heterocycles. The Morgan fingerprint density at radius 3 is 2.33 bits per heavy atom. The van der Waals surface area contributed by atoms with Crippen LogP contribution in [0, 0.1) is 17.4 Å². The van der Waals surface area contributed by atoms with Crippen molar-refractivity contribution in [2.24, 2.45) is 5.92 Å². The fourth-order valence-corrected chi connectivity index (χ4v) is 2.65. The van der Waals surface area contributed by atoms with Crippen LogP contribution >= 0.6 is 0 Å². The number of pyridine rings is 1. The van der Waals surface area contributed by atoms with Crippen LogP contribution in [0.15, 0.2) is 48.8 Å². The van der Waals surface area contributed by atoms with Crippen LogP contribution in [-0.4, -0.2) is 40.8 Å². The summed E-state index contributed by atoms with van der Waals surface area (Å²) in [5.74, 6) is -0.757. The van der Waals surface area contributed by atoms with Crippen molar-refractivity contribution in [2.75, 3.05) is 17.7 Å². The molecular weight excluding hydrogens is 384 g/mol. The molecule has 9 nitrogen and oxygen atoms in total. The third-order valence-corrected chi connectivity index (χ3v) is 4.12. The van der Waals surface area contributed by atoms with E-state index in [-0.39, 0.29) is 5.92 Å². The van der Waals surface area contributed by atoms with Crippen molar-refractivity contribution in [1.29, 1.82) is 5.26 Å². The van der Waals surface area contributed by atoms with Crippen LogP contribution in [0.5, 0.6) is 0 Å². The second-order valence-electron chi connectivity index (χ2n) is 7.05. The SMILES string of the molecule is CC(C)CC(NC(=O)c1ccc(NC(=O)Nc2cccnc2)cc1)C(=O)N(C)C#N. The van der Waals surface area contributed by atoms with Gasteiger partial charge in [-0.05, 0) is 48.7 Å². The summed E-state index contributed by atoms with van der Waals surface area (Å²) in [5, 5.41) is 16.9. The zero-order chi connectivity index (χ0) is 22.1. The molecule has 2 rings (SSSR count). The second kappa shape index (κ2) is 10.6. The van der Waals surface area contributed by atoms with Crippen molar-refractivity contribution in [3.8, 4) is 6.19 Å². The van der Waals surface area contributed by atoms with Gasteiger partial charge in [-0.15, -0.1) is 0 Å². The zero-order valence-corrected chi connectivity index (χ0v) is 17.0. The number of hydrogen-bond donors (Lipinski definition) is 3. The number of benzene rings is 1. The third-order valence-electron chi connectivity index (χ3n) is 4.12. The highest BCUT2D eigenvalue weighted by Crippen LogP contribution is 2.13. The van der Waals surface area contributed by atoms with Crippen LogP contribution in [0.1, 0.15) is 30.6 Å². The third kappa shape index (κ3) is 6.60. The zero-order valence-electron chi connectivity index (χ0n) is 17.0. The van der Waals surface area contributed by atoms with Crippen molar-refractivity contribution in [1.82, 2.24) is 15.2 Å². The van der Waals surface area contributed by atoms with Crippen molar-refractivity contribution >= 4 is 29.2 Å². The minimum absolute atomic E-state index is 0.149. The van der Waals surface area contributed by atoms with E-state index in [1.165, 1.54) is 13.2 Å². The highest BCUT2D eigenvalue weighted by Gasteiger charge is 2.25. The smallest absolute Gasteiger partial charge is 0.323 e. The number of rotatable bonds is 7. The van der Waals surface area contributed by atoms with Gasteiger partial charge in [0, 0.05) is 24.5 Å². The molecule has 1 aromatic carbocycles. The number of hydrogen-bond acceptors (Lipinski definition) is 5. The summed E-state index contributed by atoms with van der Waals surface area (Å²) < 4.78 is 0. The molecular formula is C21H24N6O3. The van der Waals surface area contributed by atoms with Crippen LogP contribution in [0.25, 0.3) is 0 Å². The highest BCUT2D eigenvalue weighted by molar-refractivity contribution is 6.01. The van der Waals surface area contributed by atoms with E-state index < -0.39 is 23.9 Å². The second-order valence-corrected chi connectivity index (χ2v) is 7.05. The molecule has 0 spiro atoms. The van der Waals surface area contributed by atoms with E-state index in [1.54, 1.807) is 48.8 Å². The first-order valence-corrected chi connectivity index (χ1v) is 9.36. The fraction of sp³-hybridized carbons (Fsp3) is 0.286. The van der Waals surface area contributed by atoms with Gasteiger partial charge in [-0.1, -0.05) is 13.8 Å². The van der Waals surface area contributed by atoms with Crippen LogP contribution in [0.4, 0.5) is 16.2 Å². The number of carbonyl (C=O) groups excluding carboxylic acids is 3. The quantitative estimate of drug-likeness (QED) is 0.479. The Kier molecular flexibility index (Phi) is 7.88. The summed E-state index contributed by atoms with van der Waals surface area (Å²) >= 11 is 0. The van der Waals surface area contributed by atoms with E-state index in [0.29, 0.717) is 23.4 Å². The number of likely N-dealkylation sites (N-methyl/N-ethyl adjacent to an activating group) is 1. The summed E-state index contributed by atoms with van der Waals surface area (Å²) in [6, 6.07) is 8.41. The minimum Gasteiger partial charge on any atom is -0.340 e. The topological polar surface area (TPSA) is 127 Å². The van der Waals surface area contributed by atoms with Crippen LogP contribution in [-0.2, 0) is 4.79 Å². The molecule has 1 unspecified atom stereocenters. The average molecular weight is 408 g/mol. The Morgan fingerprint density at radius 2 is 1.77 bits per heavy atom. The maximum Gasteiger partial charge on any atom is 0.323 e. The molecule has 0 bridgehead atoms. The van der Waals surface area contributed by atoms with E-state index in [0.717, 1.165) is 4.90 Å². The van der Waals surface area contributed by atoms with Crippen molar-refractivity contribution < 1.29 is 14.4 Å². The Hall–Kier alpha value is -3.93. The van der Waals surface area contributed by atoms with Gasteiger partial charge in [-0.3, -0.25) is 19.5 Å². The van der Waals surface area contributed by atoms with Gasteiger partial charge < -0.3 is 16.0 Å². The molecule has 2 aromatic rings. The van der Waals surface area contributed by atoms with Gasteiger partial charge >= 0.3 is 6.03 Å². The van der Waals surface area contributed by atoms with Crippen molar-refractivity contribution in [2.45, 2.75) is 26.3 Å². The van der Waals surface area contributed by atoms with Gasteiger partial charge in [0.25, 0.3) is 11.8 Å². The van der Waals surface area contributed by atoms with E-state index in [9.17, 15) is 14.4 Å². The van der Waals surface area contributed by atoms with Gasteiger partial charge in [0.05, 0.1) is 11.9 Å². The maximum atomic E-state index is 12.6. The van der Waals surface area contributed by atoms with Crippen molar-refractivity contribution in [3.63, 3.8) is 0 Å². The number of nitrogens with one attached hydrogen (secondary N) is 3. The van der Waals surface area contributed by atoms with E-state index in [1.807, 2.05) is 13.8 Å². The number of aromatic nitrogens is 1. The molecule has 0 aliphatic heterocycles. The first-order valence-electron chi connectivity index (χ1n) is 9.36. The molecule has 30 heavy (non-hydrogen) atoms. The predicted octanol–water partition coefficient (Wildman–Crippen LogP) is 2.81. The number of amides is 4. The molecule has 4 amide bonds. The number of carbonyl (C=O) groups is 3.